The average Bonchev–Trinajstić information content (AvgIpc) is 2.41. The van der Waals surface area contributed by atoms with Gasteiger partial charge in [0, 0.05) is 6.04 Å². The quantitative estimate of drug-likeness (QED) is 0.767. The fraction of sp³-hybridized carbons (Fsp3) is 0.688. The molecule has 3 nitrogen and oxygen atoms in total. The lowest BCUT2D eigenvalue weighted by Gasteiger charge is -2.25. The Hall–Kier alpha value is -1.09. The topological polar surface area (TPSA) is 34.1 Å². The second kappa shape index (κ2) is 7.49. The van der Waals surface area contributed by atoms with Gasteiger partial charge in [-0.2, -0.15) is 0 Å². The minimum atomic E-state index is -0.131. The van der Waals surface area contributed by atoms with Crippen LogP contribution in [0.1, 0.15) is 65.6 Å². The van der Waals surface area contributed by atoms with Crippen molar-refractivity contribution >= 4 is 0 Å². The van der Waals surface area contributed by atoms with Crippen molar-refractivity contribution < 1.29 is 4.74 Å². The molecule has 1 aromatic rings. The smallest absolute Gasteiger partial charge is 0.138 e. The zero-order valence-corrected chi connectivity index (χ0v) is 13.0. The van der Waals surface area contributed by atoms with Crippen LogP contribution in [0.25, 0.3) is 0 Å². The molecule has 0 saturated heterocycles. The molecular weight excluding hydrogens is 236 g/mol. The van der Waals surface area contributed by atoms with E-state index in [1.807, 2.05) is 12.3 Å². The molecule has 3 heteroatoms. The number of nitrogens with one attached hydrogen (secondary N) is 1. The van der Waals surface area contributed by atoms with Crippen LogP contribution >= 0.6 is 0 Å². The van der Waals surface area contributed by atoms with Gasteiger partial charge >= 0.3 is 0 Å². The number of rotatable bonds is 8. The van der Waals surface area contributed by atoms with Crippen LogP contribution in [0.2, 0.25) is 0 Å². The summed E-state index contributed by atoms with van der Waals surface area (Å²) in [6, 6.07) is 4.43. The number of nitrogens with zero attached hydrogens (tertiary/aromatic N) is 1. The van der Waals surface area contributed by atoms with Crippen LogP contribution in [0.3, 0.4) is 0 Å². The van der Waals surface area contributed by atoms with Crippen molar-refractivity contribution in [3.8, 4) is 5.75 Å². The van der Waals surface area contributed by atoms with Gasteiger partial charge in [-0.3, -0.25) is 4.98 Å². The van der Waals surface area contributed by atoms with Crippen LogP contribution < -0.4 is 10.1 Å². The van der Waals surface area contributed by atoms with E-state index in [0.717, 1.165) is 37.3 Å². The molecule has 0 bridgehead atoms. The molecule has 108 valence electrons. The van der Waals surface area contributed by atoms with Crippen LogP contribution in [0.4, 0.5) is 0 Å². The highest BCUT2D eigenvalue weighted by Gasteiger charge is 2.17. The van der Waals surface area contributed by atoms with E-state index in [1.54, 1.807) is 0 Å². The van der Waals surface area contributed by atoms with E-state index >= 15 is 0 Å². The zero-order chi connectivity index (χ0) is 14.3. The minimum absolute atomic E-state index is 0.131. The summed E-state index contributed by atoms with van der Waals surface area (Å²) in [5.74, 6) is 0.848. The number of hydrogen-bond donors (Lipinski definition) is 1. The van der Waals surface area contributed by atoms with Crippen molar-refractivity contribution in [2.45, 2.75) is 65.5 Å². The van der Waals surface area contributed by atoms with Crippen LogP contribution in [-0.4, -0.2) is 17.1 Å². The molecule has 0 spiro atoms. The lowest BCUT2D eigenvalue weighted by molar-refractivity contribution is 0.105. The number of ether oxygens (including phenoxy) is 1. The molecule has 1 N–H and O–H groups in total. The van der Waals surface area contributed by atoms with Crippen molar-refractivity contribution in [3.05, 3.63) is 24.0 Å². The Morgan fingerprint density at radius 3 is 2.47 bits per heavy atom. The van der Waals surface area contributed by atoms with E-state index in [2.05, 4.69) is 51.0 Å². The minimum Gasteiger partial charge on any atom is -0.486 e. The maximum atomic E-state index is 5.92. The molecule has 1 aromatic heterocycles. The van der Waals surface area contributed by atoms with E-state index < -0.39 is 0 Å². The van der Waals surface area contributed by atoms with Gasteiger partial charge in [-0.15, -0.1) is 0 Å². The second-order valence-electron chi connectivity index (χ2n) is 5.55. The summed E-state index contributed by atoms with van der Waals surface area (Å²) >= 11 is 0. The molecule has 0 fully saturated rings. The zero-order valence-electron chi connectivity index (χ0n) is 13.0. The van der Waals surface area contributed by atoms with Crippen molar-refractivity contribution in [1.29, 1.82) is 0 Å². The first kappa shape index (κ1) is 16.0. The monoisotopic (exact) mass is 264 g/mol. The lowest BCUT2D eigenvalue weighted by Crippen LogP contribution is -2.27. The van der Waals surface area contributed by atoms with Gasteiger partial charge in [0.05, 0.1) is 11.9 Å². The Bertz CT molecular complexity index is 360. The van der Waals surface area contributed by atoms with Crippen molar-refractivity contribution in [1.82, 2.24) is 10.3 Å². The predicted molar refractivity (Wildman–Crippen MR) is 80.6 cm³/mol. The number of pyridine rings is 1. The third-order valence-electron chi connectivity index (χ3n) is 3.41. The van der Waals surface area contributed by atoms with Crippen LogP contribution in [-0.2, 0) is 0 Å². The van der Waals surface area contributed by atoms with Crippen LogP contribution in [0.5, 0.6) is 5.75 Å². The van der Waals surface area contributed by atoms with E-state index in [0.29, 0.717) is 6.04 Å². The first-order valence-corrected chi connectivity index (χ1v) is 7.40. The van der Waals surface area contributed by atoms with E-state index in [9.17, 15) is 0 Å². The highest BCUT2D eigenvalue weighted by Crippen LogP contribution is 2.22. The summed E-state index contributed by atoms with van der Waals surface area (Å²) in [6.45, 7) is 11.7. The third-order valence-corrected chi connectivity index (χ3v) is 3.41. The lowest BCUT2D eigenvalue weighted by atomic mass is 10.1. The Balaban J connectivity index is 2.69. The van der Waals surface area contributed by atoms with E-state index in [1.165, 1.54) is 0 Å². The molecule has 1 heterocycles. The van der Waals surface area contributed by atoms with Crippen molar-refractivity contribution in [3.63, 3.8) is 0 Å². The maximum absolute atomic E-state index is 5.92. The highest BCUT2D eigenvalue weighted by molar-refractivity contribution is 5.22. The fourth-order valence-electron chi connectivity index (χ4n) is 1.83. The fourth-order valence-corrected chi connectivity index (χ4v) is 1.83. The molecule has 0 aromatic carbocycles. The molecule has 1 unspecified atom stereocenters. The van der Waals surface area contributed by atoms with Gasteiger partial charge in [0.15, 0.2) is 0 Å². The Kier molecular flexibility index (Phi) is 6.29. The predicted octanol–water partition coefficient (Wildman–Crippen LogP) is 4.10. The third kappa shape index (κ3) is 5.19. The summed E-state index contributed by atoms with van der Waals surface area (Å²) in [4.78, 5) is 4.53. The molecule has 0 aliphatic rings. The SMILES string of the molecule is CCCNC(CC)c1ccc(OC(C)(C)CC)cn1. The number of aromatic nitrogens is 1. The van der Waals surface area contributed by atoms with Gasteiger partial charge in [-0.25, -0.2) is 0 Å². The van der Waals surface area contributed by atoms with E-state index in [4.69, 9.17) is 4.74 Å². The summed E-state index contributed by atoms with van der Waals surface area (Å²) in [5, 5.41) is 3.51. The molecule has 0 saturated carbocycles. The Morgan fingerprint density at radius 1 is 1.26 bits per heavy atom. The molecule has 1 rings (SSSR count). The molecule has 0 amide bonds. The molecule has 0 aliphatic heterocycles. The number of hydrogen-bond acceptors (Lipinski definition) is 3. The summed E-state index contributed by atoms with van der Waals surface area (Å²) < 4.78 is 5.92. The molecule has 0 radical (unpaired) electrons. The molecule has 0 aliphatic carbocycles. The second-order valence-corrected chi connectivity index (χ2v) is 5.55. The average molecular weight is 264 g/mol. The first-order chi connectivity index (χ1) is 9.02. The van der Waals surface area contributed by atoms with Gasteiger partial charge < -0.3 is 10.1 Å². The highest BCUT2D eigenvalue weighted by atomic mass is 16.5. The molecular formula is C16H28N2O. The maximum Gasteiger partial charge on any atom is 0.138 e. The standard InChI is InChI=1S/C16H28N2O/c1-6-11-17-14(7-2)15-10-9-13(12-18-15)19-16(4,5)8-3/h9-10,12,14,17H,6-8,11H2,1-5H3. The van der Waals surface area contributed by atoms with Gasteiger partial charge in [-0.1, -0.05) is 20.8 Å². The van der Waals surface area contributed by atoms with Crippen molar-refractivity contribution in [2.75, 3.05) is 6.54 Å². The first-order valence-electron chi connectivity index (χ1n) is 7.40. The van der Waals surface area contributed by atoms with Crippen LogP contribution in [0, 0.1) is 0 Å². The Morgan fingerprint density at radius 2 is 2.00 bits per heavy atom. The van der Waals surface area contributed by atoms with Gasteiger partial charge in [0.2, 0.25) is 0 Å². The van der Waals surface area contributed by atoms with Crippen LogP contribution in [0.15, 0.2) is 18.3 Å². The van der Waals surface area contributed by atoms with Crippen molar-refractivity contribution in [2.24, 2.45) is 0 Å². The van der Waals surface area contributed by atoms with Gasteiger partial charge in [0.25, 0.3) is 0 Å². The van der Waals surface area contributed by atoms with Gasteiger partial charge in [0.1, 0.15) is 11.4 Å². The Labute approximate surface area is 117 Å². The largest absolute Gasteiger partial charge is 0.486 e. The normalized spacial score (nSPS) is 13.3. The summed E-state index contributed by atoms with van der Waals surface area (Å²) in [5.41, 5.74) is 0.964. The van der Waals surface area contributed by atoms with E-state index in [-0.39, 0.29) is 5.60 Å². The molecule has 1 atom stereocenters. The summed E-state index contributed by atoms with van der Waals surface area (Å²) in [6.07, 6.45) is 5.00. The molecule has 19 heavy (non-hydrogen) atoms. The summed E-state index contributed by atoms with van der Waals surface area (Å²) in [7, 11) is 0. The van der Waals surface area contributed by atoms with Gasteiger partial charge in [-0.05, 0) is 51.8 Å².